The van der Waals surface area contributed by atoms with E-state index in [0.717, 1.165) is 37.1 Å². The highest BCUT2D eigenvalue weighted by molar-refractivity contribution is 6.29. The molecule has 38 heavy (non-hydrogen) atoms. The number of aldehydes is 1. The molecule has 0 spiro atoms. The van der Waals surface area contributed by atoms with Crippen LogP contribution < -0.4 is 15.6 Å². The molecule has 1 unspecified atom stereocenters. The number of pyridine rings is 1. The van der Waals surface area contributed by atoms with Gasteiger partial charge in [0.05, 0.1) is 33.9 Å². The normalized spacial score (nSPS) is 14.5. The molecule has 0 aliphatic carbocycles. The highest BCUT2D eigenvalue weighted by Crippen LogP contribution is 2.36. The third kappa shape index (κ3) is 4.86. The number of aromatic hydroxyl groups is 1. The summed E-state index contributed by atoms with van der Waals surface area (Å²) in [5.74, 6) is 0.518. The fourth-order valence-electron chi connectivity index (χ4n) is 5.15. The standard InChI is InChI=1S/C30H30ClN3O4/c1-17-13-22(29-23(14-17)28(37)18(2)30(38-29)34-11-5-4-6-12-34)19(3)32-24-9-10-26(31)33-27(24)20-7-8-21(16-35)25(36)15-20/h7-10,13-16,19,32,36H,4-6,11-12H2,1-3H3. The minimum Gasteiger partial charge on any atom is -0.507 e. The molecule has 2 N–H and O–H groups in total. The van der Waals surface area contributed by atoms with E-state index in [-0.39, 0.29) is 22.8 Å². The Morgan fingerprint density at radius 1 is 1.11 bits per heavy atom. The Balaban J connectivity index is 1.59. The summed E-state index contributed by atoms with van der Waals surface area (Å²) in [5, 5.41) is 14.6. The van der Waals surface area contributed by atoms with E-state index in [9.17, 15) is 14.7 Å². The number of rotatable bonds is 6. The molecule has 5 rings (SSSR count). The molecule has 1 fully saturated rings. The molecular weight excluding hydrogens is 502 g/mol. The molecule has 2 aromatic carbocycles. The number of benzene rings is 2. The second-order valence-corrected chi connectivity index (χ2v) is 10.3. The van der Waals surface area contributed by atoms with Crippen molar-refractivity contribution in [1.29, 1.82) is 0 Å². The molecular formula is C30H30ClN3O4. The average Bonchev–Trinajstić information content (AvgIpc) is 2.92. The van der Waals surface area contributed by atoms with Crippen LogP contribution in [0.3, 0.4) is 0 Å². The molecule has 1 saturated heterocycles. The third-order valence-corrected chi connectivity index (χ3v) is 7.35. The van der Waals surface area contributed by atoms with Crippen molar-refractivity contribution >= 4 is 40.4 Å². The zero-order valence-electron chi connectivity index (χ0n) is 21.7. The lowest BCUT2D eigenvalue weighted by Crippen LogP contribution is -2.31. The quantitative estimate of drug-likeness (QED) is 0.208. The van der Waals surface area contributed by atoms with Crippen LogP contribution >= 0.6 is 11.6 Å². The van der Waals surface area contributed by atoms with Crippen molar-refractivity contribution in [1.82, 2.24) is 4.98 Å². The molecule has 7 nitrogen and oxygen atoms in total. The first-order chi connectivity index (χ1) is 18.3. The summed E-state index contributed by atoms with van der Waals surface area (Å²) in [6.45, 7) is 7.56. The summed E-state index contributed by atoms with van der Waals surface area (Å²) in [7, 11) is 0. The summed E-state index contributed by atoms with van der Waals surface area (Å²) < 4.78 is 6.52. The van der Waals surface area contributed by atoms with Gasteiger partial charge in [0.25, 0.3) is 0 Å². The largest absolute Gasteiger partial charge is 0.507 e. The lowest BCUT2D eigenvalue weighted by Gasteiger charge is -2.29. The van der Waals surface area contributed by atoms with Crippen molar-refractivity contribution in [2.75, 3.05) is 23.3 Å². The predicted molar refractivity (Wildman–Crippen MR) is 152 cm³/mol. The topological polar surface area (TPSA) is 95.7 Å². The van der Waals surface area contributed by atoms with Crippen molar-refractivity contribution < 1.29 is 14.3 Å². The molecule has 8 heteroatoms. The van der Waals surface area contributed by atoms with Crippen LogP contribution in [0.2, 0.25) is 5.15 Å². The minimum absolute atomic E-state index is 0.0106. The molecule has 3 heterocycles. The molecule has 1 aliphatic rings. The van der Waals surface area contributed by atoms with Crippen LogP contribution in [0.4, 0.5) is 11.6 Å². The van der Waals surface area contributed by atoms with E-state index in [1.165, 1.54) is 12.5 Å². The van der Waals surface area contributed by atoms with Gasteiger partial charge in [-0.25, -0.2) is 4.98 Å². The summed E-state index contributed by atoms with van der Waals surface area (Å²) in [5.41, 5.74) is 5.03. The monoisotopic (exact) mass is 531 g/mol. The Morgan fingerprint density at radius 3 is 2.58 bits per heavy atom. The number of aromatic nitrogens is 1. The highest BCUT2D eigenvalue weighted by atomic mass is 35.5. The van der Waals surface area contributed by atoms with E-state index in [1.807, 2.05) is 39.0 Å². The van der Waals surface area contributed by atoms with Gasteiger partial charge in [0.15, 0.2) is 11.7 Å². The molecule has 0 radical (unpaired) electrons. The highest BCUT2D eigenvalue weighted by Gasteiger charge is 2.23. The number of nitrogens with zero attached hydrogens (tertiary/aromatic N) is 2. The fourth-order valence-corrected chi connectivity index (χ4v) is 5.30. The Kier molecular flexibility index (Phi) is 7.13. The number of phenolic OH excluding ortho intramolecular Hbond substituents is 1. The number of hydrogen-bond donors (Lipinski definition) is 2. The molecule has 0 saturated carbocycles. The lowest BCUT2D eigenvalue weighted by atomic mass is 9.99. The van der Waals surface area contributed by atoms with Gasteiger partial charge >= 0.3 is 0 Å². The van der Waals surface area contributed by atoms with Crippen LogP contribution in [0.15, 0.2) is 51.7 Å². The van der Waals surface area contributed by atoms with Gasteiger partial charge in [-0.3, -0.25) is 9.59 Å². The molecule has 196 valence electrons. The van der Waals surface area contributed by atoms with E-state index in [0.29, 0.717) is 50.8 Å². The number of fused-ring (bicyclic) bond motifs is 1. The van der Waals surface area contributed by atoms with Crippen LogP contribution in [0.25, 0.3) is 22.2 Å². The summed E-state index contributed by atoms with van der Waals surface area (Å²) >= 11 is 6.23. The summed E-state index contributed by atoms with van der Waals surface area (Å²) in [4.78, 5) is 31.3. The van der Waals surface area contributed by atoms with Crippen LogP contribution in [0, 0.1) is 13.8 Å². The van der Waals surface area contributed by atoms with Crippen molar-refractivity contribution in [3.05, 3.63) is 80.1 Å². The average molecular weight is 532 g/mol. The number of carbonyl (C=O) groups excluding carboxylic acids is 1. The predicted octanol–water partition coefficient (Wildman–Crippen LogP) is 6.81. The number of anilines is 2. The van der Waals surface area contributed by atoms with E-state index >= 15 is 0 Å². The van der Waals surface area contributed by atoms with Crippen molar-refractivity contribution in [2.24, 2.45) is 0 Å². The number of phenols is 1. The first-order valence-electron chi connectivity index (χ1n) is 12.8. The number of halogens is 1. The first kappa shape index (κ1) is 25.8. The van der Waals surface area contributed by atoms with Gasteiger partial charge in [-0.15, -0.1) is 0 Å². The Labute approximate surface area is 226 Å². The SMILES string of the molecule is Cc1cc(C(C)Nc2ccc(Cl)nc2-c2ccc(C=O)c(O)c2)c2oc(N3CCCCC3)c(C)c(=O)c2c1. The van der Waals surface area contributed by atoms with E-state index in [1.54, 1.807) is 18.2 Å². The first-order valence-corrected chi connectivity index (χ1v) is 13.2. The smallest absolute Gasteiger partial charge is 0.202 e. The lowest BCUT2D eigenvalue weighted by molar-refractivity contribution is 0.112. The molecule has 0 bridgehead atoms. The number of nitrogens with one attached hydrogen (secondary N) is 1. The second kappa shape index (κ2) is 10.5. The van der Waals surface area contributed by atoms with Gasteiger partial charge in [0, 0.05) is 24.2 Å². The van der Waals surface area contributed by atoms with Crippen LogP contribution in [0.1, 0.15) is 59.3 Å². The van der Waals surface area contributed by atoms with E-state index in [4.69, 9.17) is 16.0 Å². The van der Waals surface area contributed by atoms with Crippen LogP contribution in [0.5, 0.6) is 5.75 Å². The van der Waals surface area contributed by atoms with E-state index < -0.39 is 0 Å². The van der Waals surface area contributed by atoms with Gasteiger partial charge in [0.1, 0.15) is 16.5 Å². The third-order valence-electron chi connectivity index (χ3n) is 7.14. The Morgan fingerprint density at radius 2 is 1.87 bits per heavy atom. The maximum atomic E-state index is 13.5. The van der Waals surface area contributed by atoms with Crippen molar-refractivity contribution in [3.8, 4) is 17.0 Å². The molecule has 4 aromatic rings. The number of carbonyl (C=O) groups is 1. The molecule has 1 atom stereocenters. The van der Waals surface area contributed by atoms with Gasteiger partial charge < -0.3 is 19.7 Å². The molecule has 0 amide bonds. The molecule has 1 aliphatic heterocycles. The number of hydrogen-bond acceptors (Lipinski definition) is 7. The zero-order chi connectivity index (χ0) is 27.0. The van der Waals surface area contributed by atoms with Gasteiger partial charge in [-0.05, 0) is 75.9 Å². The van der Waals surface area contributed by atoms with E-state index in [2.05, 4.69) is 15.2 Å². The molecule has 2 aromatic heterocycles. The van der Waals surface area contributed by atoms with Gasteiger partial charge in [-0.1, -0.05) is 23.7 Å². The maximum Gasteiger partial charge on any atom is 0.202 e. The Bertz CT molecular complexity index is 1590. The van der Waals surface area contributed by atoms with Crippen LogP contribution in [-0.4, -0.2) is 29.5 Å². The van der Waals surface area contributed by atoms with Crippen molar-refractivity contribution in [3.63, 3.8) is 0 Å². The summed E-state index contributed by atoms with van der Waals surface area (Å²) in [6, 6.07) is 11.9. The summed E-state index contributed by atoms with van der Waals surface area (Å²) in [6.07, 6.45) is 3.94. The fraction of sp³-hybridized carbons (Fsp3) is 0.300. The maximum absolute atomic E-state index is 13.5. The Hall–Kier alpha value is -3.84. The van der Waals surface area contributed by atoms with Gasteiger partial charge in [-0.2, -0.15) is 0 Å². The second-order valence-electron chi connectivity index (χ2n) is 9.93. The minimum atomic E-state index is -0.262. The van der Waals surface area contributed by atoms with Crippen LogP contribution in [-0.2, 0) is 0 Å². The number of aryl methyl sites for hydroxylation is 1. The van der Waals surface area contributed by atoms with Gasteiger partial charge in [0.2, 0.25) is 5.88 Å². The zero-order valence-corrected chi connectivity index (χ0v) is 22.4. The van der Waals surface area contributed by atoms with Crippen molar-refractivity contribution in [2.45, 2.75) is 46.1 Å². The number of piperidine rings is 1.